The molecule has 0 unspecified atom stereocenters. The summed E-state index contributed by atoms with van der Waals surface area (Å²) in [6.07, 6.45) is 15.0. The number of amides is 2. The van der Waals surface area contributed by atoms with Gasteiger partial charge in [-0.15, -0.1) is 0 Å². The van der Waals surface area contributed by atoms with Crippen LogP contribution in [0.3, 0.4) is 0 Å². The third-order valence-electron chi connectivity index (χ3n) is 5.68. The summed E-state index contributed by atoms with van der Waals surface area (Å²) in [6, 6.07) is 6.37. The van der Waals surface area contributed by atoms with E-state index in [0.29, 0.717) is 25.8 Å². The fourth-order valence-corrected chi connectivity index (χ4v) is 3.91. The second-order valence-corrected chi connectivity index (χ2v) is 8.28. The standard InChI is InChI=1S/C24H37FN2O2/c25-21-17-15-20(16-18-21)19-26-23(28)13-10-14-24(29)27-22-11-8-6-4-2-1-3-5-7-9-12-22/h15-18,22H,1-14,19H2,(H,26,28)(H,27,29). The van der Waals surface area contributed by atoms with Gasteiger partial charge in [0.2, 0.25) is 11.8 Å². The Balaban J connectivity index is 1.61. The maximum Gasteiger partial charge on any atom is 0.220 e. The molecule has 0 radical (unpaired) electrons. The highest BCUT2D eigenvalue weighted by Crippen LogP contribution is 2.17. The van der Waals surface area contributed by atoms with Crippen LogP contribution in [0.15, 0.2) is 24.3 Å². The normalized spacial score (nSPS) is 17.0. The molecule has 1 aromatic carbocycles. The van der Waals surface area contributed by atoms with E-state index in [-0.39, 0.29) is 23.7 Å². The van der Waals surface area contributed by atoms with Crippen molar-refractivity contribution in [2.24, 2.45) is 0 Å². The van der Waals surface area contributed by atoms with Gasteiger partial charge < -0.3 is 10.6 Å². The first-order valence-electron chi connectivity index (χ1n) is 11.4. The number of hydrogen-bond acceptors (Lipinski definition) is 2. The zero-order chi connectivity index (χ0) is 20.7. The summed E-state index contributed by atoms with van der Waals surface area (Å²) in [5, 5.41) is 6.02. The van der Waals surface area contributed by atoms with Gasteiger partial charge in [-0.25, -0.2) is 4.39 Å². The second-order valence-electron chi connectivity index (χ2n) is 8.28. The van der Waals surface area contributed by atoms with Crippen molar-refractivity contribution in [2.75, 3.05) is 0 Å². The van der Waals surface area contributed by atoms with Crippen LogP contribution in [0, 0.1) is 5.82 Å². The minimum absolute atomic E-state index is 0.0634. The first-order valence-corrected chi connectivity index (χ1v) is 11.4. The fourth-order valence-electron chi connectivity index (χ4n) is 3.91. The third kappa shape index (κ3) is 11.0. The van der Waals surface area contributed by atoms with E-state index in [2.05, 4.69) is 10.6 Å². The molecule has 1 aliphatic rings. The van der Waals surface area contributed by atoms with Crippen molar-refractivity contribution in [3.8, 4) is 0 Å². The van der Waals surface area contributed by atoms with Crippen molar-refractivity contribution in [3.05, 3.63) is 35.6 Å². The Morgan fingerprint density at radius 1 is 0.793 bits per heavy atom. The summed E-state index contributed by atoms with van der Waals surface area (Å²) >= 11 is 0. The molecule has 0 aliphatic heterocycles. The summed E-state index contributed by atoms with van der Waals surface area (Å²) < 4.78 is 12.9. The van der Waals surface area contributed by atoms with Crippen molar-refractivity contribution >= 4 is 11.8 Å². The van der Waals surface area contributed by atoms with Crippen molar-refractivity contribution in [1.82, 2.24) is 10.6 Å². The highest BCUT2D eigenvalue weighted by molar-refractivity contribution is 5.79. The number of carbonyl (C=O) groups excluding carboxylic acids is 2. The van der Waals surface area contributed by atoms with E-state index in [1.807, 2.05) is 0 Å². The molecule has 2 amide bonds. The summed E-state index contributed by atoms with van der Waals surface area (Å²) in [4.78, 5) is 24.3. The average molecular weight is 405 g/mol. The van der Waals surface area contributed by atoms with Gasteiger partial charge in [0.1, 0.15) is 5.82 Å². The fraction of sp³-hybridized carbons (Fsp3) is 0.667. The van der Waals surface area contributed by atoms with Crippen LogP contribution in [-0.4, -0.2) is 17.9 Å². The molecule has 162 valence electrons. The van der Waals surface area contributed by atoms with Crippen LogP contribution < -0.4 is 10.6 Å². The van der Waals surface area contributed by atoms with E-state index in [1.54, 1.807) is 12.1 Å². The number of nitrogens with one attached hydrogen (secondary N) is 2. The summed E-state index contributed by atoms with van der Waals surface area (Å²) in [5.74, 6) is -0.297. The molecule has 0 atom stereocenters. The van der Waals surface area contributed by atoms with Gasteiger partial charge in [0.05, 0.1) is 0 Å². The molecule has 0 heterocycles. The minimum Gasteiger partial charge on any atom is -0.353 e. The molecule has 0 aromatic heterocycles. The average Bonchev–Trinajstić information content (AvgIpc) is 2.69. The van der Waals surface area contributed by atoms with Crippen molar-refractivity contribution < 1.29 is 14.0 Å². The Hall–Kier alpha value is -1.91. The van der Waals surface area contributed by atoms with Crippen molar-refractivity contribution in [3.63, 3.8) is 0 Å². The SMILES string of the molecule is O=C(CCCC(=O)NC1CCCCCCCCCCC1)NCc1ccc(F)cc1. The van der Waals surface area contributed by atoms with Gasteiger partial charge in [-0.05, 0) is 37.0 Å². The molecule has 4 nitrogen and oxygen atoms in total. The summed E-state index contributed by atoms with van der Waals surface area (Å²) in [5.41, 5.74) is 0.861. The quantitative estimate of drug-likeness (QED) is 0.639. The highest BCUT2D eigenvalue weighted by Gasteiger charge is 2.13. The maximum atomic E-state index is 12.9. The predicted octanol–water partition coefficient (Wildman–Crippen LogP) is 5.40. The smallest absolute Gasteiger partial charge is 0.220 e. The lowest BCUT2D eigenvalue weighted by Crippen LogP contribution is -2.35. The van der Waals surface area contributed by atoms with Crippen LogP contribution in [0.5, 0.6) is 0 Å². The van der Waals surface area contributed by atoms with Crippen LogP contribution in [-0.2, 0) is 16.1 Å². The summed E-state index contributed by atoms with van der Waals surface area (Å²) in [7, 11) is 0. The molecule has 0 bridgehead atoms. The molecule has 1 aromatic rings. The molecule has 2 rings (SSSR count). The highest BCUT2D eigenvalue weighted by atomic mass is 19.1. The predicted molar refractivity (Wildman–Crippen MR) is 115 cm³/mol. The van der Waals surface area contributed by atoms with E-state index in [1.165, 1.54) is 69.9 Å². The Morgan fingerprint density at radius 2 is 1.31 bits per heavy atom. The second kappa shape index (κ2) is 14.1. The Morgan fingerprint density at radius 3 is 1.90 bits per heavy atom. The van der Waals surface area contributed by atoms with Crippen LogP contribution >= 0.6 is 0 Å². The maximum absolute atomic E-state index is 12.9. The molecule has 29 heavy (non-hydrogen) atoms. The van der Waals surface area contributed by atoms with Gasteiger partial charge in [-0.1, -0.05) is 69.9 Å². The number of benzene rings is 1. The largest absolute Gasteiger partial charge is 0.353 e. The molecule has 2 N–H and O–H groups in total. The van der Waals surface area contributed by atoms with Crippen LogP contribution in [0.1, 0.15) is 95.5 Å². The Labute approximate surface area is 175 Å². The first-order chi connectivity index (χ1) is 14.1. The summed E-state index contributed by atoms with van der Waals surface area (Å²) in [6.45, 7) is 0.382. The lowest BCUT2D eigenvalue weighted by molar-refractivity contribution is -0.123. The third-order valence-corrected chi connectivity index (χ3v) is 5.68. The minimum atomic E-state index is -0.285. The topological polar surface area (TPSA) is 58.2 Å². The molecular formula is C24H37FN2O2. The van der Waals surface area contributed by atoms with Crippen LogP contribution in [0.25, 0.3) is 0 Å². The van der Waals surface area contributed by atoms with E-state index >= 15 is 0 Å². The lowest BCUT2D eigenvalue weighted by atomic mass is 9.98. The molecule has 0 saturated heterocycles. The van der Waals surface area contributed by atoms with Crippen LogP contribution in [0.2, 0.25) is 0 Å². The van der Waals surface area contributed by atoms with E-state index < -0.39 is 0 Å². The van der Waals surface area contributed by atoms with Gasteiger partial charge in [0.25, 0.3) is 0 Å². The van der Waals surface area contributed by atoms with Gasteiger partial charge in [-0.3, -0.25) is 9.59 Å². The molecular weight excluding hydrogens is 367 g/mol. The number of rotatable bonds is 7. The zero-order valence-corrected chi connectivity index (χ0v) is 17.7. The number of carbonyl (C=O) groups is 2. The number of halogens is 1. The number of hydrogen-bond donors (Lipinski definition) is 2. The van der Waals surface area contributed by atoms with Crippen molar-refractivity contribution in [2.45, 2.75) is 102 Å². The Kier molecular flexibility index (Phi) is 11.4. The first kappa shape index (κ1) is 23.4. The molecule has 1 fully saturated rings. The van der Waals surface area contributed by atoms with Gasteiger partial charge in [-0.2, -0.15) is 0 Å². The van der Waals surface area contributed by atoms with Crippen molar-refractivity contribution in [1.29, 1.82) is 0 Å². The van der Waals surface area contributed by atoms with Gasteiger partial charge in [0, 0.05) is 25.4 Å². The molecule has 1 aliphatic carbocycles. The molecule has 5 heteroatoms. The van der Waals surface area contributed by atoms with Gasteiger partial charge >= 0.3 is 0 Å². The molecule has 1 saturated carbocycles. The van der Waals surface area contributed by atoms with E-state index in [0.717, 1.165) is 18.4 Å². The van der Waals surface area contributed by atoms with Gasteiger partial charge in [0.15, 0.2) is 0 Å². The zero-order valence-electron chi connectivity index (χ0n) is 17.7. The van der Waals surface area contributed by atoms with E-state index in [4.69, 9.17) is 0 Å². The molecule has 0 spiro atoms. The monoisotopic (exact) mass is 404 g/mol. The van der Waals surface area contributed by atoms with E-state index in [9.17, 15) is 14.0 Å². The van der Waals surface area contributed by atoms with Crippen LogP contribution in [0.4, 0.5) is 4.39 Å². The Bertz CT molecular complexity index is 591. The lowest BCUT2D eigenvalue weighted by Gasteiger charge is -2.19.